The van der Waals surface area contributed by atoms with Crippen molar-refractivity contribution in [2.75, 3.05) is 19.6 Å². The van der Waals surface area contributed by atoms with Crippen LogP contribution in [0.1, 0.15) is 23.2 Å². The maximum absolute atomic E-state index is 13.6. The molecule has 2 saturated heterocycles. The van der Waals surface area contributed by atoms with E-state index in [9.17, 15) is 13.6 Å². The van der Waals surface area contributed by atoms with Gasteiger partial charge in [0.1, 0.15) is 17.2 Å². The summed E-state index contributed by atoms with van der Waals surface area (Å²) in [4.78, 5) is 13.8. The molecule has 0 bridgehead atoms. The molecule has 19 heavy (non-hydrogen) atoms. The fraction of sp³-hybridized carbons (Fsp3) is 0.500. The van der Waals surface area contributed by atoms with Gasteiger partial charge in [-0.2, -0.15) is 0 Å². The predicted octanol–water partition coefficient (Wildman–Crippen LogP) is 1.79. The topological polar surface area (TPSA) is 32.3 Å². The highest BCUT2D eigenvalue weighted by Crippen LogP contribution is 2.27. The lowest BCUT2D eigenvalue weighted by molar-refractivity contribution is 0.0776. The highest BCUT2D eigenvalue weighted by molar-refractivity contribution is 5.95. The quantitative estimate of drug-likeness (QED) is 0.840. The van der Waals surface area contributed by atoms with Crippen molar-refractivity contribution >= 4 is 5.91 Å². The smallest absolute Gasteiger partial charge is 0.259 e. The minimum Gasteiger partial charge on any atom is -0.337 e. The summed E-state index contributed by atoms with van der Waals surface area (Å²) >= 11 is 0. The molecule has 0 aliphatic carbocycles. The molecule has 5 heteroatoms. The van der Waals surface area contributed by atoms with Gasteiger partial charge in [0.15, 0.2) is 0 Å². The minimum absolute atomic E-state index is 0.271. The molecular formula is C14H16F2N2O. The Kier molecular flexibility index (Phi) is 3.22. The first-order chi connectivity index (χ1) is 9.16. The molecule has 102 valence electrons. The summed E-state index contributed by atoms with van der Waals surface area (Å²) in [7, 11) is 0. The number of carbonyl (C=O) groups is 1. The highest BCUT2D eigenvalue weighted by atomic mass is 19.1. The van der Waals surface area contributed by atoms with Crippen LogP contribution in [0.25, 0.3) is 0 Å². The van der Waals surface area contributed by atoms with E-state index in [0.29, 0.717) is 19.0 Å². The standard InChI is InChI=1S/C14H16F2N2O/c15-10-4-1-5-11(16)13(10)14(19)18-7-9-3-2-6-17-12(9)8-18/h1,4-5,9,12,17H,2-3,6-8H2/t9-,12+/m0/s1. The number of nitrogens with zero attached hydrogens (tertiary/aromatic N) is 1. The Balaban J connectivity index is 1.81. The first kappa shape index (κ1) is 12.5. The van der Waals surface area contributed by atoms with Gasteiger partial charge in [0, 0.05) is 19.1 Å². The van der Waals surface area contributed by atoms with Gasteiger partial charge in [-0.25, -0.2) is 8.78 Å². The summed E-state index contributed by atoms with van der Waals surface area (Å²) in [6.45, 7) is 2.08. The van der Waals surface area contributed by atoms with Crippen LogP contribution in [0.15, 0.2) is 18.2 Å². The van der Waals surface area contributed by atoms with Crippen molar-refractivity contribution in [3.8, 4) is 0 Å². The third-order valence-corrected chi connectivity index (χ3v) is 4.06. The number of amides is 1. The molecule has 2 heterocycles. The molecule has 2 aliphatic heterocycles. The molecule has 1 N–H and O–H groups in total. The van der Waals surface area contributed by atoms with E-state index in [2.05, 4.69) is 5.32 Å². The van der Waals surface area contributed by atoms with Crippen LogP contribution in [0.4, 0.5) is 8.78 Å². The Morgan fingerprint density at radius 2 is 2.00 bits per heavy atom. The maximum Gasteiger partial charge on any atom is 0.259 e. The van der Waals surface area contributed by atoms with Crippen LogP contribution in [0, 0.1) is 17.6 Å². The normalized spacial score (nSPS) is 26.3. The number of hydrogen-bond acceptors (Lipinski definition) is 2. The van der Waals surface area contributed by atoms with E-state index >= 15 is 0 Å². The van der Waals surface area contributed by atoms with Crippen LogP contribution in [-0.2, 0) is 0 Å². The van der Waals surface area contributed by atoms with E-state index in [-0.39, 0.29) is 6.04 Å². The molecule has 0 aromatic heterocycles. The van der Waals surface area contributed by atoms with Gasteiger partial charge in [0.2, 0.25) is 0 Å². The van der Waals surface area contributed by atoms with Crippen LogP contribution < -0.4 is 5.32 Å². The lowest BCUT2D eigenvalue weighted by atomic mass is 9.94. The van der Waals surface area contributed by atoms with Gasteiger partial charge >= 0.3 is 0 Å². The molecule has 0 unspecified atom stereocenters. The highest BCUT2D eigenvalue weighted by Gasteiger charge is 2.37. The molecule has 3 rings (SSSR count). The van der Waals surface area contributed by atoms with Crippen LogP contribution in [0.2, 0.25) is 0 Å². The molecule has 1 amide bonds. The van der Waals surface area contributed by atoms with Crippen molar-refractivity contribution < 1.29 is 13.6 Å². The Morgan fingerprint density at radius 1 is 1.26 bits per heavy atom. The largest absolute Gasteiger partial charge is 0.337 e. The second-order valence-corrected chi connectivity index (χ2v) is 5.27. The molecule has 0 radical (unpaired) electrons. The van der Waals surface area contributed by atoms with Gasteiger partial charge in [-0.15, -0.1) is 0 Å². The molecule has 0 spiro atoms. The number of nitrogens with one attached hydrogen (secondary N) is 1. The van der Waals surface area contributed by atoms with E-state index in [1.807, 2.05) is 0 Å². The van der Waals surface area contributed by atoms with Crippen molar-refractivity contribution in [1.29, 1.82) is 0 Å². The van der Waals surface area contributed by atoms with Crippen molar-refractivity contribution in [2.24, 2.45) is 5.92 Å². The summed E-state index contributed by atoms with van der Waals surface area (Å²) in [6, 6.07) is 3.79. The van der Waals surface area contributed by atoms with E-state index in [4.69, 9.17) is 0 Å². The number of carbonyl (C=O) groups excluding carboxylic acids is 1. The van der Waals surface area contributed by atoms with E-state index in [1.54, 1.807) is 4.90 Å². The number of fused-ring (bicyclic) bond motifs is 1. The van der Waals surface area contributed by atoms with Gasteiger partial charge in [-0.05, 0) is 37.4 Å². The molecule has 1 aromatic rings. The molecule has 2 aliphatic rings. The molecule has 0 saturated carbocycles. The average Bonchev–Trinajstić information content (AvgIpc) is 2.82. The summed E-state index contributed by atoms with van der Waals surface area (Å²) < 4.78 is 27.2. The summed E-state index contributed by atoms with van der Waals surface area (Å²) in [5.74, 6) is -1.69. The minimum atomic E-state index is -0.784. The van der Waals surface area contributed by atoms with Gasteiger partial charge in [0.25, 0.3) is 5.91 Å². The van der Waals surface area contributed by atoms with Crippen molar-refractivity contribution in [3.63, 3.8) is 0 Å². The zero-order chi connectivity index (χ0) is 13.4. The Labute approximate surface area is 110 Å². The number of hydrogen-bond donors (Lipinski definition) is 1. The number of likely N-dealkylation sites (tertiary alicyclic amines) is 1. The van der Waals surface area contributed by atoms with Crippen molar-refractivity contribution in [3.05, 3.63) is 35.4 Å². The Morgan fingerprint density at radius 3 is 2.68 bits per heavy atom. The predicted molar refractivity (Wildman–Crippen MR) is 66.8 cm³/mol. The zero-order valence-corrected chi connectivity index (χ0v) is 10.5. The van der Waals surface area contributed by atoms with Crippen LogP contribution in [0.3, 0.4) is 0 Å². The molecular weight excluding hydrogens is 250 g/mol. The van der Waals surface area contributed by atoms with Crippen molar-refractivity contribution in [2.45, 2.75) is 18.9 Å². The van der Waals surface area contributed by atoms with Crippen LogP contribution in [-0.4, -0.2) is 36.5 Å². The number of piperidine rings is 1. The summed E-state index contributed by atoms with van der Waals surface area (Å²) in [6.07, 6.45) is 2.17. The Bertz CT molecular complexity index is 472. The summed E-state index contributed by atoms with van der Waals surface area (Å²) in [5, 5.41) is 3.37. The Hall–Kier alpha value is -1.49. The monoisotopic (exact) mass is 266 g/mol. The van der Waals surface area contributed by atoms with E-state index in [1.165, 1.54) is 6.07 Å². The third-order valence-electron chi connectivity index (χ3n) is 4.06. The first-order valence-corrected chi connectivity index (χ1v) is 6.63. The zero-order valence-electron chi connectivity index (χ0n) is 10.5. The third kappa shape index (κ3) is 2.23. The fourth-order valence-electron chi connectivity index (χ4n) is 3.07. The van der Waals surface area contributed by atoms with Gasteiger partial charge in [-0.1, -0.05) is 6.07 Å². The number of rotatable bonds is 1. The molecule has 2 fully saturated rings. The number of halogens is 2. The SMILES string of the molecule is O=C(c1c(F)cccc1F)N1C[C@@H]2CCCN[C@@H]2C1. The van der Waals surface area contributed by atoms with Crippen molar-refractivity contribution in [1.82, 2.24) is 10.2 Å². The first-order valence-electron chi connectivity index (χ1n) is 6.63. The van der Waals surface area contributed by atoms with Gasteiger partial charge in [-0.3, -0.25) is 4.79 Å². The van der Waals surface area contributed by atoms with Crippen LogP contribution >= 0.6 is 0 Å². The second-order valence-electron chi connectivity index (χ2n) is 5.27. The molecule has 2 atom stereocenters. The number of benzene rings is 1. The van der Waals surface area contributed by atoms with Crippen LogP contribution in [0.5, 0.6) is 0 Å². The van der Waals surface area contributed by atoms with E-state index in [0.717, 1.165) is 31.5 Å². The van der Waals surface area contributed by atoms with E-state index < -0.39 is 23.1 Å². The fourth-order valence-corrected chi connectivity index (χ4v) is 3.07. The average molecular weight is 266 g/mol. The molecule has 1 aromatic carbocycles. The second kappa shape index (κ2) is 4.89. The molecule has 3 nitrogen and oxygen atoms in total. The maximum atomic E-state index is 13.6. The summed E-state index contributed by atoms with van der Waals surface area (Å²) in [5.41, 5.74) is -0.429. The van der Waals surface area contributed by atoms with Gasteiger partial charge < -0.3 is 10.2 Å². The lowest BCUT2D eigenvalue weighted by Gasteiger charge is -2.24. The lowest BCUT2D eigenvalue weighted by Crippen LogP contribution is -2.41. The van der Waals surface area contributed by atoms with Gasteiger partial charge in [0.05, 0.1) is 0 Å².